The molecule has 5 nitrogen and oxygen atoms in total. The molecular weight excluding hydrogens is 284 g/mol. The van der Waals surface area contributed by atoms with Gasteiger partial charge in [0.05, 0.1) is 11.0 Å². The molecule has 0 aliphatic heterocycles. The predicted octanol–water partition coefficient (Wildman–Crippen LogP) is 3.36. The molecule has 2 aromatic rings. The van der Waals surface area contributed by atoms with Gasteiger partial charge < -0.3 is 14.4 Å². The van der Waals surface area contributed by atoms with Crippen molar-refractivity contribution >= 4 is 25.1 Å². The van der Waals surface area contributed by atoms with Crippen LogP contribution in [0.15, 0.2) is 18.3 Å². The Labute approximate surface area is 125 Å². The van der Waals surface area contributed by atoms with Crippen LogP contribution in [-0.2, 0) is 11.5 Å². The van der Waals surface area contributed by atoms with E-state index in [1.54, 1.807) is 16.8 Å². The van der Waals surface area contributed by atoms with Crippen LogP contribution in [0.1, 0.15) is 16.1 Å². The molecule has 0 unspecified atom stereocenters. The molecule has 0 aliphatic rings. The number of aryl methyl sites for hydroxylation is 1. The van der Waals surface area contributed by atoms with Crippen LogP contribution in [0.3, 0.4) is 0 Å². The minimum Gasteiger partial charge on any atom is -0.477 e. The molecule has 2 aromatic heterocycles. The Morgan fingerprint density at radius 3 is 2.71 bits per heavy atom. The standard InChI is InChI=1S/C15H22N2O3Si/c1-11-7-13-12(16-9-11)8-14(15(18)19)17(13)10-20-5-6-21(2,3)4/h7-9H,5-6,10H2,1-4H3,(H,18,19). The highest BCUT2D eigenvalue weighted by molar-refractivity contribution is 6.76. The van der Waals surface area contributed by atoms with Crippen molar-refractivity contribution in [2.45, 2.75) is 39.3 Å². The summed E-state index contributed by atoms with van der Waals surface area (Å²) >= 11 is 0. The highest BCUT2D eigenvalue weighted by Gasteiger charge is 2.16. The fourth-order valence-corrected chi connectivity index (χ4v) is 2.84. The maximum Gasteiger partial charge on any atom is 0.352 e. The van der Waals surface area contributed by atoms with Crippen LogP contribution >= 0.6 is 0 Å². The lowest BCUT2D eigenvalue weighted by molar-refractivity contribution is 0.0630. The van der Waals surface area contributed by atoms with Crippen molar-refractivity contribution in [2.24, 2.45) is 0 Å². The molecule has 0 atom stereocenters. The summed E-state index contributed by atoms with van der Waals surface area (Å²) in [6.45, 7) is 9.72. The Morgan fingerprint density at radius 2 is 2.10 bits per heavy atom. The zero-order valence-corrected chi connectivity index (χ0v) is 14.0. The molecule has 0 saturated heterocycles. The molecule has 6 heteroatoms. The van der Waals surface area contributed by atoms with Gasteiger partial charge in [-0.25, -0.2) is 4.79 Å². The lowest BCUT2D eigenvalue weighted by atomic mass is 10.3. The fourth-order valence-electron chi connectivity index (χ4n) is 2.08. The Balaban J connectivity index is 2.22. The number of pyridine rings is 1. The smallest absolute Gasteiger partial charge is 0.352 e. The third kappa shape index (κ3) is 3.92. The molecule has 0 radical (unpaired) electrons. The van der Waals surface area contributed by atoms with Crippen molar-refractivity contribution in [3.05, 3.63) is 29.6 Å². The molecule has 2 rings (SSSR count). The summed E-state index contributed by atoms with van der Waals surface area (Å²) in [5, 5.41) is 9.32. The van der Waals surface area contributed by atoms with E-state index in [1.165, 1.54) is 0 Å². The summed E-state index contributed by atoms with van der Waals surface area (Å²) in [5.41, 5.74) is 2.71. The maximum atomic E-state index is 11.4. The number of fused-ring (bicyclic) bond motifs is 1. The number of rotatable bonds is 6. The van der Waals surface area contributed by atoms with Gasteiger partial charge in [-0.2, -0.15) is 0 Å². The molecule has 1 N–H and O–H groups in total. The van der Waals surface area contributed by atoms with Gasteiger partial charge in [-0.15, -0.1) is 0 Å². The average Bonchev–Trinajstić information content (AvgIpc) is 2.72. The van der Waals surface area contributed by atoms with Crippen LogP contribution in [-0.4, -0.2) is 35.3 Å². The minimum atomic E-state index is -1.14. The van der Waals surface area contributed by atoms with Gasteiger partial charge in [0.15, 0.2) is 0 Å². The molecule has 2 heterocycles. The van der Waals surface area contributed by atoms with Crippen molar-refractivity contribution in [1.82, 2.24) is 9.55 Å². The highest BCUT2D eigenvalue weighted by Crippen LogP contribution is 2.20. The van der Waals surface area contributed by atoms with Gasteiger partial charge in [0.1, 0.15) is 12.4 Å². The van der Waals surface area contributed by atoms with Gasteiger partial charge in [0, 0.05) is 20.9 Å². The van der Waals surface area contributed by atoms with Gasteiger partial charge in [-0.1, -0.05) is 19.6 Å². The number of carboxylic acid groups (broad SMARTS) is 1. The molecule has 21 heavy (non-hydrogen) atoms. The van der Waals surface area contributed by atoms with Crippen LogP contribution in [0.25, 0.3) is 11.0 Å². The Hall–Kier alpha value is -1.66. The number of aromatic nitrogens is 2. The van der Waals surface area contributed by atoms with Gasteiger partial charge in [0.2, 0.25) is 0 Å². The van der Waals surface area contributed by atoms with Gasteiger partial charge in [0.25, 0.3) is 0 Å². The maximum absolute atomic E-state index is 11.4. The molecule has 0 saturated carbocycles. The van der Waals surface area contributed by atoms with E-state index in [0.29, 0.717) is 12.1 Å². The van der Waals surface area contributed by atoms with Gasteiger partial charge in [-0.05, 0) is 30.7 Å². The Bertz CT molecular complexity index is 659. The molecule has 0 aromatic carbocycles. The summed E-state index contributed by atoms with van der Waals surface area (Å²) in [6, 6.07) is 4.60. The number of hydrogen-bond donors (Lipinski definition) is 1. The second-order valence-electron chi connectivity index (χ2n) is 6.53. The van der Waals surface area contributed by atoms with E-state index < -0.39 is 14.0 Å². The van der Waals surface area contributed by atoms with Crippen molar-refractivity contribution in [3.8, 4) is 0 Å². The lowest BCUT2D eigenvalue weighted by Crippen LogP contribution is -2.22. The largest absolute Gasteiger partial charge is 0.477 e. The molecule has 0 aliphatic carbocycles. The first-order valence-electron chi connectivity index (χ1n) is 7.05. The van der Waals surface area contributed by atoms with E-state index in [-0.39, 0.29) is 12.4 Å². The molecule has 114 valence electrons. The second kappa shape index (κ2) is 5.99. The minimum absolute atomic E-state index is 0.219. The third-order valence-corrected chi connectivity index (χ3v) is 5.03. The first kappa shape index (κ1) is 15.7. The van der Waals surface area contributed by atoms with E-state index in [0.717, 1.165) is 17.1 Å². The number of aromatic carboxylic acids is 1. The van der Waals surface area contributed by atoms with Crippen LogP contribution in [0, 0.1) is 6.92 Å². The van der Waals surface area contributed by atoms with Gasteiger partial charge >= 0.3 is 5.97 Å². The topological polar surface area (TPSA) is 64.3 Å². The zero-order valence-electron chi connectivity index (χ0n) is 13.0. The molecule has 0 bridgehead atoms. The average molecular weight is 306 g/mol. The van der Waals surface area contributed by atoms with Crippen LogP contribution in [0.4, 0.5) is 0 Å². The van der Waals surface area contributed by atoms with E-state index in [2.05, 4.69) is 24.6 Å². The first-order chi connectivity index (χ1) is 9.78. The molecule has 0 spiro atoms. The van der Waals surface area contributed by atoms with Crippen molar-refractivity contribution < 1.29 is 14.6 Å². The monoisotopic (exact) mass is 306 g/mol. The molecule has 0 amide bonds. The summed E-state index contributed by atoms with van der Waals surface area (Å²) in [5.74, 6) is -0.959. The molecule has 0 fully saturated rings. The summed E-state index contributed by atoms with van der Waals surface area (Å²) in [4.78, 5) is 15.7. The van der Waals surface area contributed by atoms with Crippen molar-refractivity contribution in [2.75, 3.05) is 6.61 Å². The summed E-state index contributed by atoms with van der Waals surface area (Å²) in [7, 11) is -1.14. The van der Waals surface area contributed by atoms with E-state index in [4.69, 9.17) is 4.74 Å². The SMILES string of the molecule is Cc1cnc2cc(C(=O)O)n(COCC[Si](C)(C)C)c2c1. The van der Waals surface area contributed by atoms with E-state index in [9.17, 15) is 9.90 Å². The van der Waals surface area contributed by atoms with Crippen LogP contribution in [0.2, 0.25) is 25.7 Å². The number of ether oxygens (including phenoxy) is 1. The zero-order chi connectivity index (χ0) is 15.6. The van der Waals surface area contributed by atoms with E-state index >= 15 is 0 Å². The third-order valence-electron chi connectivity index (χ3n) is 3.33. The number of carbonyl (C=O) groups is 1. The summed E-state index contributed by atoms with van der Waals surface area (Å²) in [6.07, 6.45) is 1.74. The van der Waals surface area contributed by atoms with Gasteiger partial charge in [-0.3, -0.25) is 4.98 Å². The van der Waals surface area contributed by atoms with Crippen LogP contribution < -0.4 is 0 Å². The van der Waals surface area contributed by atoms with Crippen molar-refractivity contribution in [3.63, 3.8) is 0 Å². The lowest BCUT2D eigenvalue weighted by Gasteiger charge is -2.16. The second-order valence-corrected chi connectivity index (χ2v) is 12.1. The Morgan fingerprint density at radius 1 is 1.38 bits per heavy atom. The fraction of sp³-hybridized carbons (Fsp3) is 0.467. The first-order valence-corrected chi connectivity index (χ1v) is 10.8. The molecular formula is C15H22N2O3Si. The normalized spacial score (nSPS) is 12.0. The highest BCUT2D eigenvalue weighted by atomic mass is 28.3. The predicted molar refractivity (Wildman–Crippen MR) is 85.5 cm³/mol. The number of nitrogens with zero attached hydrogens (tertiary/aromatic N) is 2. The Kier molecular flexibility index (Phi) is 4.48. The summed E-state index contributed by atoms with van der Waals surface area (Å²) < 4.78 is 7.38. The van der Waals surface area contributed by atoms with Crippen molar-refractivity contribution in [1.29, 1.82) is 0 Å². The quantitative estimate of drug-likeness (QED) is 0.656. The number of hydrogen-bond acceptors (Lipinski definition) is 3. The number of carboxylic acids is 1. The van der Waals surface area contributed by atoms with Crippen LogP contribution in [0.5, 0.6) is 0 Å². The van der Waals surface area contributed by atoms with E-state index in [1.807, 2.05) is 13.0 Å².